The van der Waals surface area contributed by atoms with Gasteiger partial charge in [0.1, 0.15) is 0 Å². The number of benzene rings is 2. The predicted octanol–water partition coefficient (Wildman–Crippen LogP) is 5.22. The Morgan fingerprint density at radius 1 is 1.13 bits per heavy atom. The summed E-state index contributed by atoms with van der Waals surface area (Å²) in [4.78, 5) is 18.3. The number of nitrogens with zero attached hydrogens (tertiary/aromatic N) is 3. The number of aryl methyl sites for hydroxylation is 2. The van der Waals surface area contributed by atoms with Crippen LogP contribution in [0, 0.1) is 6.92 Å². The molecule has 1 N–H and O–H groups in total. The molecule has 0 unspecified atom stereocenters. The average molecular weight is 414 g/mol. The number of allylic oxidation sites excluding steroid dienone is 1. The van der Waals surface area contributed by atoms with E-state index in [0.717, 1.165) is 32.6 Å². The van der Waals surface area contributed by atoms with Gasteiger partial charge in [0, 0.05) is 34.8 Å². The van der Waals surface area contributed by atoms with E-state index in [1.54, 1.807) is 24.0 Å². The number of hydrogen-bond donors (Lipinski definition) is 1. The van der Waals surface area contributed by atoms with Crippen molar-refractivity contribution in [2.75, 3.05) is 0 Å². The van der Waals surface area contributed by atoms with Gasteiger partial charge >= 0.3 is 5.97 Å². The Morgan fingerprint density at radius 2 is 1.93 bits per heavy atom. The standard InChI is InChI=1S/C24H19N3O2S/c1-14-6-8-16(9-7-14)30-21-5-3-4-18-22(26-27(2)23(18)21)15-12-19-17(24(28)29)10-11-25-20(19)13-15/h3-11,13H,12H2,1-2H3,(H,28,29). The molecule has 5 nitrogen and oxygen atoms in total. The van der Waals surface area contributed by atoms with E-state index >= 15 is 0 Å². The van der Waals surface area contributed by atoms with Crippen LogP contribution in [-0.2, 0) is 13.5 Å². The molecule has 0 spiro atoms. The molecule has 4 aromatic rings. The van der Waals surface area contributed by atoms with Crippen molar-refractivity contribution < 1.29 is 9.90 Å². The van der Waals surface area contributed by atoms with E-state index in [0.29, 0.717) is 17.7 Å². The summed E-state index contributed by atoms with van der Waals surface area (Å²) in [6.45, 7) is 2.08. The number of aromatic nitrogens is 3. The average Bonchev–Trinajstić information content (AvgIpc) is 3.31. The molecular weight excluding hydrogens is 394 g/mol. The van der Waals surface area contributed by atoms with Crippen molar-refractivity contribution >= 4 is 40.3 Å². The quantitative estimate of drug-likeness (QED) is 0.497. The Balaban J connectivity index is 1.57. The zero-order valence-corrected chi connectivity index (χ0v) is 17.4. The third-order valence-electron chi connectivity index (χ3n) is 5.38. The van der Waals surface area contributed by atoms with Crippen molar-refractivity contribution in [3.05, 3.63) is 82.8 Å². The monoisotopic (exact) mass is 413 g/mol. The Labute approximate surface area is 178 Å². The minimum Gasteiger partial charge on any atom is -0.478 e. The Kier molecular flexibility index (Phi) is 4.44. The Morgan fingerprint density at radius 3 is 2.70 bits per heavy atom. The number of fused-ring (bicyclic) bond motifs is 2. The first-order valence-corrected chi connectivity index (χ1v) is 10.5. The molecule has 0 saturated carbocycles. The normalized spacial score (nSPS) is 12.8. The molecule has 1 aliphatic carbocycles. The van der Waals surface area contributed by atoms with E-state index in [9.17, 15) is 9.90 Å². The third kappa shape index (κ3) is 3.09. The SMILES string of the molecule is Cc1ccc(Sc2cccc3c(C4=Cc5nccc(C(=O)O)c5C4)nn(C)c23)cc1. The van der Waals surface area contributed by atoms with Gasteiger partial charge in [-0.15, -0.1) is 0 Å². The predicted molar refractivity (Wildman–Crippen MR) is 119 cm³/mol. The second-order valence-electron chi connectivity index (χ2n) is 7.41. The van der Waals surface area contributed by atoms with Gasteiger partial charge in [0.2, 0.25) is 0 Å². The fourth-order valence-electron chi connectivity index (χ4n) is 3.93. The van der Waals surface area contributed by atoms with Crippen molar-refractivity contribution in [3.63, 3.8) is 0 Å². The second kappa shape index (κ2) is 7.15. The van der Waals surface area contributed by atoms with E-state index in [4.69, 9.17) is 5.10 Å². The zero-order valence-electron chi connectivity index (χ0n) is 16.6. The van der Waals surface area contributed by atoms with Crippen LogP contribution in [0.1, 0.15) is 32.9 Å². The number of carboxylic acid groups (broad SMARTS) is 1. The highest BCUT2D eigenvalue weighted by Gasteiger charge is 2.25. The van der Waals surface area contributed by atoms with E-state index < -0.39 is 5.97 Å². The molecule has 1 aliphatic rings. The van der Waals surface area contributed by atoms with Gasteiger partial charge in [-0.05, 0) is 48.4 Å². The highest BCUT2D eigenvalue weighted by molar-refractivity contribution is 7.99. The van der Waals surface area contributed by atoms with Crippen LogP contribution in [0.15, 0.2) is 64.5 Å². The molecule has 2 aromatic heterocycles. The highest BCUT2D eigenvalue weighted by atomic mass is 32.2. The maximum absolute atomic E-state index is 11.6. The van der Waals surface area contributed by atoms with Crippen LogP contribution in [-0.4, -0.2) is 25.8 Å². The summed E-state index contributed by atoms with van der Waals surface area (Å²) < 4.78 is 1.91. The number of rotatable bonds is 4. The fourth-order valence-corrected chi connectivity index (χ4v) is 4.94. The van der Waals surface area contributed by atoms with Crippen molar-refractivity contribution in [3.8, 4) is 0 Å². The summed E-state index contributed by atoms with van der Waals surface area (Å²) >= 11 is 1.72. The number of carboxylic acids is 1. The lowest BCUT2D eigenvalue weighted by molar-refractivity contribution is 0.0695. The summed E-state index contributed by atoms with van der Waals surface area (Å²) in [7, 11) is 1.95. The first-order chi connectivity index (χ1) is 14.5. The van der Waals surface area contributed by atoms with Crippen LogP contribution in [0.5, 0.6) is 0 Å². The Hall–Kier alpha value is -3.38. The zero-order chi connectivity index (χ0) is 20.8. The first-order valence-electron chi connectivity index (χ1n) is 9.63. The van der Waals surface area contributed by atoms with Gasteiger partial charge in [-0.3, -0.25) is 9.67 Å². The van der Waals surface area contributed by atoms with Gasteiger partial charge in [-0.1, -0.05) is 41.6 Å². The molecule has 0 amide bonds. The van der Waals surface area contributed by atoms with Crippen LogP contribution >= 0.6 is 11.8 Å². The summed E-state index contributed by atoms with van der Waals surface area (Å²) in [6, 6.07) is 16.3. The van der Waals surface area contributed by atoms with Gasteiger partial charge in [-0.25, -0.2) is 4.79 Å². The lowest BCUT2D eigenvalue weighted by atomic mass is 10.0. The molecule has 0 bridgehead atoms. The summed E-state index contributed by atoms with van der Waals surface area (Å²) in [6.07, 6.45) is 4.03. The summed E-state index contributed by atoms with van der Waals surface area (Å²) in [5.41, 5.74) is 5.96. The molecule has 30 heavy (non-hydrogen) atoms. The molecule has 0 saturated heterocycles. The maximum atomic E-state index is 11.6. The van der Waals surface area contributed by atoms with Gasteiger partial charge in [0.25, 0.3) is 0 Å². The first kappa shape index (κ1) is 18.6. The fraction of sp³-hybridized carbons (Fsp3) is 0.125. The summed E-state index contributed by atoms with van der Waals surface area (Å²) in [5, 5.41) is 15.4. The molecule has 6 heteroatoms. The van der Waals surface area contributed by atoms with Crippen molar-refractivity contribution in [2.45, 2.75) is 23.1 Å². The lowest BCUT2D eigenvalue weighted by Gasteiger charge is -2.06. The van der Waals surface area contributed by atoms with Gasteiger partial charge in [-0.2, -0.15) is 5.10 Å². The smallest absolute Gasteiger partial charge is 0.336 e. The van der Waals surface area contributed by atoms with Crippen molar-refractivity contribution in [1.29, 1.82) is 0 Å². The van der Waals surface area contributed by atoms with Gasteiger partial charge in [0.05, 0.1) is 22.5 Å². The number of carbonyl (C=O) groups is 1. The molecule has 148 valence electrons. The number of hydrogen-bond acceptors (Lipinski definition) is 4. The topological polar surface area (TPSA) is 68.0 Å². The van der Waals surface area contributed by atoms with E-state index in [-0.39, 0.29) is 0 Å². The van der Waals surface area contributed by atoms with Gasteiger partial charge < -0.3 is 5.11 Å². The molecule has 5 rings (SSSR count). The molecule has 0 aliphatic heterocycles. The minimum atomic E-state index is -0.925. The van der Waals surface area contributed by atoms with Crippen LogP contribution in [0.2, 0.25) is 0 Å². The number of para-hydroxylation sites is 1. The van der Waals surface area contributed by atoms with Crippen LogP contribution in [0.25, 0.3) is 22.6 Å². The molecular formula is C24H19N3O2S. The third-order valence-corrected chi connectivity index (χ3v) is 6.44. The van der Waals surface area contributed by atoms with Crippen LogP contribution in [0.3, 0.4) is 0 Å². The number of pyridine rings is 1. The minimum absolute atomic E-state index is 0.308. The maximum Gasteiger partial charge on any atom is 0.336 e. The largest absolute Gasteiger partial charge is 0.478 e. The van der Waals surface area contributed by atoms with E-state index in [1.165, 1.54) is 10.5 Å². The van der Waals surface area contributed by atoms with Crippen LogP contribution < -0.4 is 0 Å². The van der Waals surface area contributed by atoms with E-state index in [1.807, 2.05) is 23.9 Å². The number of aromatic carboxylic acids is 1. The molecule has 2 aromatic carbocycles. The van der Waals surface area contributed by atoms with E-state index in [2.05, 4.69) is 48.3 Å². The highest BCUT2D eigenvalue weighted by Crippen LogP contribution is 2.39. The lowest BCUT2D eigenvalue weighted by Crippen LogP contribution is -2.03. The molecule has 0 atom stereocenters. The van der Waals surface area contributed by atoms with Crippen molar-refractivity contribution in [1.82, 2.24) is 14.8 Å². The molecule has 2 heterocycles. The summed E-state index contributed by atoms with van der Waals surface area (Å²) in [5.74, 6) is -0.925. The Bertz CT molecular complexity index is 1340. The van der Waals surface area contributed by atoms with Crippen LogP contribution in [0.4, 0.5) is 0 Å². The van der Waals surface area contributed by atoms with Crippen molar-refractivity contribution in [2.24, 2.45) is 7.05 Å². The second-order valence-corrected chi connectivity index (χ2v) is 8.53. The molecule has 0 fully saturated rings. The van der Waals surface area contributed by atoms with Gasteiger partial charge in [0.15, 0.2) is 0 Å². The molecule has 0 radical (unpaired) electrons.